The van der Waals surface area contributed by atoms with Gasteiger partial charge in [0.15, 0.2) is 0 Å². The summed E-state index contributed by atoms with van der Waals surface area (Å²) in [5.41, 5.74) is 0.995. The standard InChI is InChI=1S/C19H30N4O2/c1-22(2)14-15-12-20-13-16(21-15)17-7-6-10-23(17)18(24)11-19(25)8-4-3-5-9-19/h12-13,17,25H,3-11,14H2,1-2H3/t17-/m0/s1. The monoisotopic (exact) mass is 346 g/mol. The first-order valence-electron chi connectivity index (χ1n) is 9.44. The number of rotatable bonds is 5. The second-order valence-corrected chi connectivity index (χ2v) is 7.88. The molecule has 3 rings (SSSR count). The van der Waals surface area contributed by atoms with Gasteiger partial charge in [-0.1, -0.05) is 19.3 Å². The van der Waals surface area contributed by atoms with Gasteiger partial charge in [-0.2, -0.15) is 0 Å². The maximum absolute atomic E-state index is 12.9. The van der Waals surface area contributed by atoms with Crippen molar-refractivity contribution < 1.29 is 9.90 Å². The Hall–Kier alpha value is -1.53. The van der Waals surface area contributed by atoms with E-state index in [0.29, 0.717) is 0 Å². The van der Waals surface area contributed by atoms with Crippen LogP contribution in [0.15, 0.2) is 12.4 Å². The fourth-order valence-electron chi connectivity index (χ4n) is 4.13. The molecule has 0 spiro atoms. The van der Waals surface area contributed by atoms with E-state index >= 15 is 0 Å². The maximum Gasteiger partial charge on any atom is 0.226 e. The highest BCUT2D eigenvalue weighted by atomic mass is 16.3. The summed E-state index contributed by atoms with van der Waals surface area (Å²) in [4.78, 5) is 25.9. The summed E-state index contributed by atoms with van der Waals surface area (Å²) >= 11 is 0. The average Bonchev–Trinajstić information content (AvgIpc) is 3.04. The van der Waals surface area contributed by atoms with Gasteiger partial charge >= 0.3 is 0 Å². The molecule has 138 valence electrons. The van der Waals surface area contributed by atoms with Crippen LogP contribution in [0.4, 0.5) is 0 Å². The SMILES string of the molecule is CN(C)Cc1cncc([C@@H]2CCCN2C(=O)CC2(O)CCCCC2)n1. The number of aromatic nitrogens is 2. The van der Waals surface area contributed by atoms with Gasteiger partial charge in [0, 0.05) is 19.3 Å². The summed E-state index contributed by atoms with van der Waals surface area (Å²) in [7, 11) is 4.01. The predicted molar refractivity (Wildman–Crippen MR) is 95.8 cm³/mol. The highest BCUT2D eigenvalue weighted by Crippen LogP contribution is 2.35. The van der Waals surface area contributed by atoms with E-state index in [1.807, 2.05) is 19.0 Å². The maximum atomic E-state index is 12.9. The van der Waals surface area contributed by atoms with E-state index < -0.39 is 5.60 Å². The number of aliphatic hydroxyl groups is 1. The Morgan fingerprint density at radius 1 is 1.28 bits per heavy atom. The number of carbonyl (C=O) groups is 1. The Balaban J connectivity index is 1.70. The van der Waals surface area contributed by atoms with E-state index in [0.717, 1.165) is 69.4 Å². The molecule has 0 aromatic carbocycles. The molecule has 0 radical (unpaired) electrons. The predicted octanol–water partition coefficient (Wildman–Crippen LogP) is 2.29. The van der Waals surface area contributed by atoms with Crippen LogP contribution in [0.5, 0.6) is 0 Å². The van der Waals surface area contributed by atoms with Crippen LogP contribution >= 0.6 is 0 Å². The van der Waals surface area contributed by atoms with Crippen LogP contribution < -0.4 is 0 Å². The first kappa shape index (κ1) is 18.3. The molecular formula is C19H30N4O2. The van der Waals surface area contributed by atoms with Gasteiger partial charge in [-0.25, -0.2) is 0 Å². The molecule has 2 aliphatic rings. The summed E-state index contributed by atoms with van der Waals surface area (Å²) in [5, 5.41) is 10.7. The van der Waals surface area contributed by atoms with Gasteiger partial charge in [-0.05, 0) is 39.8 Å². The summed E-state index contributed by atoms with van der Waals surface area (Å²) < 4.78 is 0. The summed E-state index contributed by atoms with van der Waals surface area (Å²) in [6, 6.07) is -0.00528. The van der Waals surface area contributed by atoms with Crippen molar-refractivity contribution in [1.29, 1.82) is 0 Å². The van der Waals surface area contributed by atoms with E-state index in [9.17, 15) is 9.90 Å². The molecule has 2 heterocycles. The van der Waals surface area contributed by atoms with E-state index in [4.69, 9.17) is 4.98 Å². The highest BCUT2D eigenvalue weighted by Gasteiger charge is 2.37. The number of hydrogen-bond acceptors (Lipinski definition) is 5. The number of nitrogens with zero attached hydrogens (tertiary/aromatic N) is 4. The van der Waals surface area contributed by atoms with Crippen LogP contribution in [-0.4, -0.2) is 57.0 Å². The minimum atomic E-state index is -0.805. The van der Waals surface area contributed by atoms with Crippen LogP contribution in [0.1, 0.15) is 68.8 Å². The molecule has 1 amide bonds. The van der Waals surface area contributed by atoms with Gasteiger partial charge in [0.1, 0.15) is 0 Å². The fourth-order valence-corrected chi connectivity index (χ4v) is 4.13. The smallest absolute Gasteiger partial charge is 0.226 e. The van der Waals surface area contributed by atoms with E-state index in [-0.39, 0.29) is 18.4 Å². The Morgan fingerprint density at radius 3 is 2.76 bits per heavy atom. The number of hydrogen-bond donors (Lipinski definition) is 1. The second kappa shape index (κ2) is 7.79. The van der Waals surface area contributed by atoms with Gasteiger partial charge in [-0.15, -0.1) is 0 Å². The third-order valence-electron chi connectivity index (χ3n) is 5.36. The Labute approximate surface area is 150 Å². The minimum absolute atomic E-state index is 0.00528. The van der Waals surface area contributed by atoms with Crippen LogP contribution in [0.2, 0.25) is 0 Å². The molecular weight excluding hydrogens is 316 g/mol. The normalized spacial score (nSPS) is 23.2. The van der Waals surface area contributed by atoms with Crippen molar-refractivity contribution in [2.45, 2.75) is 69.6 Å². The molecule has 1 saturated carbocycles. The molecule has 1 aromatic rings. The minimum Gasteiger partial charge on any atom is -0.389 e. The molecule has 1 aromatic heterocycles. The third kappa shape index (κ3) is 4.55. The molecule has 0 unspecified atom stereocenters. The lowest BCUT2D eigenvalue weighted by Gasteiger charge is -2.34. The van der Waals surface area contributed by atoms with Gasteiger partial charge < -0.3 is 14.9 Å². The molecule has 2 fully saturated rings. The van der Waals surface area contributed by atoms with Crippen molar-refractivity contribution in [2.24, 2.45) is 0 Å². The molecule has 1 aliphatic heterocycles. The van der Waals surface area contributed by atoms with Crippen LogP contribution in [0, 0.1) is 0 Å². The molecule has 0 bridgehead atoms. The topological polar surface area (TPSA) is 69.6 Å². The van der Waals surface area contributed by atoms with E-state index in [1.165, 1.54) is 0 Å². The molecule has 25 heavy (non-hydrogen) atoms. The Kier molecular flexibility index (Phi) is 5.69. The van der Waals surface area contributed by atoms with Gasteiger partial charge in [0.25, 0.3) is 0 Å². The molecule has 1 N–H and O–H groups in total. The highest BCUT2D eigenvalue weighted by molar-refractivity contribution is 5.78. The number of amides is 1. The van der Waals surface area contributed by atoms with Crippen molar-refractivity contribution in [2.75, 3.05) is 20.6 Å². The largest absolute Gasteiger partial charge is 0.389 e. The quantitative estimate of drug-likeness (QED) is 0.886. The van der Waals surface area contributed by atoms with Crippen molar-refractivity contribution >= 4 is 5.91 Å². The van der Waals surface area contributed by atoms with E-state index in [1.54, 1.807) is 12.4 Å². The number of likely N-dealkylation sites (tertiary alicyclic amines) is 1. The van der Waals surface area contributed by atoms with E-state index in [2.05, 4.69) is 9.88 Å². The van der Waals surface area contributed by atoms with Crippen LogP contribution in [0.3, 0.4) is 0 Å². The van der Waals surface area contributed by atoms with Crippen LogP contribution in [0.25, 0.3) is 0 Å². The van der Waals surface area contributed by atoms with Crippen molar-refractivity contribution in [3.63, 3.8) is 0 Å². The first-order chi connectivity index (χ1) is 12.0. The summed E-state index contributed by atoms with van der Waals surface area (Å²) in [6.07, 6.45) is 10.4. The lowest BCUT2D eigenvalue weighted by Crippen LogP contribution is -2.40. The molecule has 1 aliphatic carbocycles. The zero-order valence-electron chi connectivity index (χ0n) is 15.4. The Morgan fingerprint density at radius 2 is 2.04 bits per heavy atom. The number of carbonyl (C=O) groups excluding carboxylic acids is 1. The van der Waals surface area contributed by atoms with Crippen molar-refractivity contribution in [1.82, 2.24) is 19.8 Å². The van der Waals surface area contributed by atoms with Gasteiger partial charge in [0.05, 0.1) is 35.6 Å². The van der Waals surface area contributed by atoms with Crippen LogP contribution in [-0.2, 0) is 11.3 Å². The average molecular weight is 346 g/mol. The lowest BCUT2D eigenvalue weighted by molar-refractivity contribution is -0.138. The molecule has 1 atom stereocenters. The fraction of sp³-hybridized carbons (Fsp3) is 0.737. The first-order valence-corrected chi connectivity index (χ1v) is 9.44. The summed E-state index contributed by atoms with van der Waals surface area (Å²) in [6.45, 7) is 1.49. The van der Waals surface area contributed by atoms with Crippen molar-refractivity contribution in [3.8, 4) is 0 Å². The van der Waals surface area contributed by atoms with Crippen molar-refractivity contribution in [3.05, 3.63) is 23.8 Å². The third-order valence-corrected chi connectivity index (χ3v) is 5.36. The molecule has 1 saturated heterocycles. The zero-order chi connectivity index (χ0) is 17.9. The second-order valence-electron chi connectivity index (χ2n) is 7.88. The lowest BCUT2D eigenvalue weighted by atomic mass is 9.82. The van der Waals surface area contributed by atoms with Gasteiger partial charge in [-0.3, -0.25) is 14.8 Å². The molecule has 6 heteroatoms. The Bertz CT molecular complexity index is 599. The zero-order valence-corrected chi connectivity index (χ0v) is 15.4. The molecule has 6 nitrogen and oxygen atoms in total. The summed E-state index contributed by atoms with van der Waals surface area (Å²) in [5.74, 6) is 0.0618. The van der Waals surface area contributed by atoms with Gasteiger partial charge in [0.2, 0.25) is 5.91 Å².